The zero-order chi connectivity index (χ0) is 21.3. The van der Waals surface area contributed by atoms with Crippen molar-refractivity contribution < 1.29 is 23.8 Å². The lowest BCUT2D eigenvalue weighted by molar-refractivity contribution is -0.137. The minimum atomic E-state index is -0.361. The Balaban J connectivity index is 1.40. The number of rotatable bonds is 8. The highest BCUT2D eigenvalue weighted by Crippen LogP contribution is 2.28. The summed E-state index contributed by atoms with van der Waals surface area (Å²) in [6.45, 7) is 2.46. The number of amides is 2. The SMILES string of the molecule is COc1ccc(NC(=O)COCC(=O)N2CCN(c3ccccc3)CC2)c(OC)c1. The van der Waals surface area contributed by atoms with Gasteiger partial charge in [0.2, 0.25) is 11.8 Å². The lowest BCUT2D eigenvalue weighted by Gasteiger charge is -2.36. The smallest absolute Gasteiger partial charge is 0.250 e. The van der Waals surface area contributed by atoms with Crippen molar-refractivity contribution in [2.75, 3.05) is 63.8 Å². The van der Waals surface area contributed by atoms with Crippen LogP contribution >= 0.6 is 0 Å². The molecular weight excluding hydrogens is 386 g/mol. The molecule has 30 heavy (non-hydrogen) atoms. The van der Waals surface area contributed by atoms with E-state index in [2.05, 4.69) is 22.3 Å². The van der Waals surface area contributed by atoms with Crippen molar-refractivity contribution in [1.29, 1.82) is 0 Å². The Morgan fingerprint density at radius 2 is 1.67 bits per heavy atom. The molecule has 3 rings (SSSR count). The monoisotopic (exact) mass is 413 g/mol. The van der Waals surface area contributed by atoms with Gasteiger partial charge in [0.1, 0.15) is 24.7 Å². The molecule has 2 aromatic rings. The molecule has 8 heteroatoms. The highest BCUT2D eigenvalue weighted by atomic mass is 16.5. The summed E-state index contributed by atoms with van der Waals surface area (Å²) in [5, 5.41) is 2.71. The molecule has 1 saturated heterocycles. The molecule has 0 aromatic heterocycles. The van der Waals surface area contributed by atoms with E-state index >= 15 is 0 Å². The second kappa shape index (κ2) is 10.5. The van der Waals surface area contributed by atoms with Crippen LogP contribution in [0.3, 0.4) is 0 Å². The van der Waals surface area contributed by atoms with Gasteiger partial charge in [0, 0.05) is 37.9 Å². The van der Waals surface area contributed by atoms with Crippen LogP contribution in [0.4, 0.5) is 11.4 Å². The molecule has 1 fully saturated rings. The molecule has 2 amide bonds. The second-order valence-corrected chi connectivity index (χ2v) is 6.81. The number of benzene rings is 2. The topological polar surface area (TPSA) is 80.3 Å². The summed E-state index contributed by atoms with van der Waals surface area (Å²) in [4.78, 5) is 28.5. The first kappa shape index (κ1) is 21.4. The zero-order valence-electron chi connectivity index (χ0n) is 17.3. The number of ether oxygens (including phenoxy) is 3. The quantitative estimate of drug-likeness (QED) is 0.713. The van der Waals surface area contributed by atoms with Gasteiger partial charge in [-0.25, -0.2) is 0 Å². The molecule has 0 aliphatic carbocycles. The third-order valence-electron chi connectivity index (χ3n) is 4.90. The molecule has 1 aliphatic heterocycles. The van der Waals surface area contributed by atoms with Gasteiger partial charge in [-0.3, -0.25) is 9.59 Å². The Morgan fingerprint density at radius 1 is 0.933 bits per heavy atom. The zero-order valence-corrected chi connectivity index (χ0v) is 17.3. The van der Waals surface area contributed by atoms with E-state index < -0.39 is 0 Å². The van der Waals surface area contributed by atoms with Crippen molar-refractivity contribution in [3.05, 3.63) is 48.5 Å². The van der Waals surface area contributed by atoms with Crippen LogP contribution < -0.4 is 19.7 Å². The van der Waals surface area contributed by atoms with Gasteiger partial charge in [0.05, 0.1) is 19.9 Å². The molecule has 0 saturated carbocycles. The fraction of sp³-hybridized carbons (Fsp3) is 0.364. The first-order valence-corrected chi connectivity index (χ1v) is 9.78. The van der Waals surface area contributed by atoms with Gasteiger partial charge < -0.3 is 29.3 Å². The summed E-state index contributed by atoms with van der Waals surface area (Å²) < 4.78 is 15.7. The number of hydrogen-bond acceptors (Lipinski definition) is 6. The van der Waals surface area contributed by atoms with E-state index in [1.165, 1.54) is 7.11 Å². The molecule has 2 aromatic carbocycles. The van der Waals surface area contributed by atoms with Crippen molar-refractivity contribution in [2.45, 2.75) is 0 Å². The third-order valence-corrected chi connectivity index (χ3v) is 4.90. The average Bonchev–Trinajstić information content (AvgIpc) is 2.80. The van der Waals surface area contributed by atoms with E-state index in [0.717, 1.165) is 18.8 Å². The highest BCUT2D eigenvalue weighted by Gasteiger charge is 2.21. The summed E-state index contributed by atoms with van der Waals surface area (Å²) in [5.41, 5.74) is 1.67. The number of methoxy groups -OCH3 is 2. The average molecular weight is 413 g/mol. The summed E-state index contributed by atoms with van der Waals surface area (Å²) in [6, 6.07) is 15.2. The van der Waals surface area contributed by atoms with Gasteiger partial charge in [-0.15, -0.1) is 0 Å². The number of nitrogens with one attached hydrogen (secondary N) is 1. The third kappa shape index (κ3) is 5.64. The van der Waals surface area contributed by atoms with Crippen LogP contribution in [0.2, 0.25) is 0 Å². The van der Waals surface area contributed by atoms with Gasteiger partial charge in [-0.05, 0) is 24.3 Å². The predicted octanol–water partition coefficient (Wildman–Crippen LogP) is 2.01. The van der Waals surface area contributed by atoms with Crippen molar-refractivity contribution >= 4 is 23.2 Å². The normalized spacial score (nSPS) is 13.7. The van der Waals surface area contributed by atoms with Crippen molar-refractivity contribution in [1.82, 2.24) is 4.90 Å². The fourth-order valence-electron chi connectivity index (χ4n) is 3.26. The van der Waals surface area contributed by atoms with Crippen LogP contribution in [0.15, 0.2) is 48.5 Å². The molecule has 0 bridgehead atoms. The van der Waals surface area contributed by atoms with Crippen molar-refractivity contribution in [3.8, 4) is 11.5 Å². The Labute approximate surface area is 176 Å². The van der Waals surface area contributed by atoms with E-state index in [9.17, 15) is 9.59 Å². The summed E-state index contributed by atoms with van der Waals surface area (Å²) >= 11 is 0. The lowest BCUT2D eigenvalue weighted by Crippen LogP contribution is -2.49. The molecule has 160 valence electrons. The number of para-hydroxylation sites is 1. The molecule has 0 radical (unpaired) electrons. The van der Waals surface area contributed by atoms with Gasteiger partial charge in [0.25, 0.3) is 0 Å². The molecule has 1 N–H and O–H groups in total. The van der Waals surface area contributed by atoms with Crippen LogP contribution in [0.1, 0.15) is 0 Å². The Bertz CT molecular complexity index is 851. The number of carbonyl (C=O) groups excluding carboxylic acids is 2. The molecule has 8 nitrogen and oxygen atoms in total. The Hall–Kier alpha value is -3.26. The van der Waals surface area contributed by atoms with Gasteiger partial charge >= 0.3 is 0 Å². The van der Waals surface area contributed by atoms with E-state index in [1.807, 2.05) is 18.2 Å². The van der Waals surface area contributed by atoms with Crippen LogP contribution in [0.25, 0.3) is 0 Å². The molecular formula is C22H27N3O5. The molecule has 0 unspecified atom stereocenters. The van der Waals surface area contributed by atoms with E-state index in [-0.39, 0.29) is 25.0 Å². The maximum absolute atomic E-state index is 12.4. The van der Waals surface area contributed by atoms with Crippen molar-refractivity contribution in [2.24, 2.45) is 0 Å². The van der Waals surface area contributed by atoms with Crippen molar-refractivity contribution in [3.63, 3.8) is 0 Å². The largest absolute Gasteiger partial charge is 0.497 e. The van der Waals surface area contributed by atoms with Crippen LogP contribution in [0.5, 0.6) is 11.5 Å². The highest BCUT2D eigenvalue weighted by molar-refractivity contribution is 5.93. The van der Waals surface area contributed by atoms with Crippen LogP contribution in [-0.4, -0.2) is 70.3 Å². The van der Waals surface area contributed by atoms with E-state index in [0.29, 0.717) is 30.3 Å². The Morgan fingerprint density at radius 3 is 2.33 bits per heavy atom. The number of carbonyl (C=O) groups is 2. The number of piperazine rings is 1. The first-order chi connectivity index (χ1) is 14.6. The summed E-state index contributed by atoms with van der Waals surface area (Å²) in [7, 11) is 3.07. The van der Waals surface area contributed by atoms with Crippen LogP contribution in [0, 0.1) is 0 Å². The molecule has 1 heterocycles. The minimum absolute atomic E-state index is 0.113. The first-order valence-electron chi connectivity index (χ1n) is 9.78. The molecule has 0 spiro atoms. The van der Waals surface area contributed by atoms with Gasteiger partial charge in [-0.2, -0.15) is 0 Å². The predicted molar refractivity (Wildman–Crippen MR) is 114 cm³/mol. The standard InChI is InChI=1S/C22H27N3O5/c1-28-18-8-9-19(20(14-18)29-2)23-21(26)15-30-16-22(27)25-12-10-24(11-13-25)17-6-4-3-5-7-17/h3-9,14H,10-13,15-16H2,1-2H3,(H,23,26). The van der Waals surface area contributed by atoms with Crippen LogP contribution in [-0.2, 0) is 14.3 Å². The van der Waals surface area contributed by atoms with E-state index in [1.54, 1.807) is 30.2 Å². The number of nitrogens with zero attached hydrogens (tertiary/aromatic N) is 2. The maximum Gasteiger partial charge on any atom is 0.250 e. The fourth-order valence-corrected chi connectivity index (χ4v) is 3.26. The second-order valence-electron chi connectivity index (χ2n) is 6.81. The van der Waals surface area contributed by atoms with Gasteiger partial charge in [0.15, 0.2) is 0 Å². The Kier molecular flexibility index (Phi) is 7.51. The molecule has 0 atom stereocenters. The molecule has 1 aliphatic rings. The summed E-state index contributed by atoms with van der Waals surface area (Å²) in [6.07, 6.45) is 0. The lowest BCUT2D eigenvalue weighted by atomic mass is 10.2. The number of anilines is 2. The maximum atomic E-state index is 12.4. The van der Waals surface area contributed by atoms with E-state index in [4.69, 9.17) is 14.2 Å². The van der Waals surface area contributed by atoms with Gasteiger partial charge in [-0.1, -0.05) is 18.2 Å². The minimum Gasteiger partial charge on any atom is -0.497 e. The summed E-state index contributed by atoms with van der Waals surface area (Å²) in [5.74, 6) is 0.631. The number of hydrogen-bond donors (Lipinski definition) is 1.